The first-order valence-electron chi connectivity index (χ1n) is 11.5. The molecule has 0 radical (unpaired) electrons. The van der Waals surface area contributed by atoms with Gasteiger partial charge in [0.15, 0.2) is 5.65 Å². The fourth-order valence-corrected chi connectivity index (χ4v) is 5.70. The number of aromatic carboxylic acids is 1. The molecule has 0 spiro atoms. The van der Waals surface area contributed by atoms with Gasteiger partial charge < -0.3 is 9.84 Å². The second-order valence-corrected chi connectivity index (χ2v) is 10.3. The predicted molar refractivity (Wildman–Crippen MR) is 141 cm³/mol. The quantitative estimate of drug-likeness (QED) is 0.316. The molecule has 3 heterocycles. The van der Waals surface area contributed by atoms with Crippen LogP contribution >= 0.6 is 0 Å². The smallest absolute Gasteiger partial charge is 0.339 e. The molecule has 10 nitrogen and oxygen atoms in total. The van der Waals surface area contributed by atoms with Crippen molar-refractivity contribution in [2.75, 3.05) is 11.4 Å². The number of carbonyl (C=O) groups is 1. The number of pyridine rings is 2. The highest BCUT2D eigenvalue weighted by Crippen LogP contribution is 2.37. The number of sulfonamides is 1. The van der Waals surface area contributed by atoms with Crippen LogP contribution in [0.2, 0.25) is 0 Å². The molecule has 0 fully saturated rings. The lowest BCUT2D eigenvalue weighted by atomic mass is 10.1. The highest BCUT2D eigenvalue weighted by atomic mass is 32.2. The molecule has 5 aromatic rings. The van der Waals surface area contributed by atoms with Crippen LogP contribution in [0.15, 0.2) is 90.2 Å². The molecule has 0 saturated carbocycles. The van der Waals surface area contributed by atoms with Crippen LogP contribution in [0.4, 0.5) is 5.69 Å². The molecule has 38 heavy (non-hydrogen) atoms. The van der Waals surface area contributed by atoms with Crippen molar-refractivity contribution in [3.05, 3.63) is 102 Å². The molecule has 0 aliphatic carbocycles. The number of hydrogen-bond donors (Lipinski definition) is 1. The van der Waals surface area contributed by atoms with Crippen molar-refractivity contribution in [3.63, 3.8) is 0 Å². The number of carboxylic acids is 1. The number of nitrogens with zero attached hydrogens (tertiary/aromatic N) is 5. The van der Waals surface area contributed by atoms with Crippen molar-refractivity contribution in [3.8, 4) is 11.4 Å². The Bertz CT molecular complexity index is 1720. The second kappa shape index (κ2) is 9.94. The van der Waals surface area contributed by atoms with Crippen LogP contribution in [0.5, 0.6) is 5.75 Å². The number of aromatic nitrogens is 4. The largest absolute Gasteiger partial charge is 0.497 e. The third-order valence-electron chi connectivity index (χ3n) is 6.02. The topological polar surface area (TPSA) is 128 Å². The first-order chi connectivity index (χ1) is 18.3. The van der Waals surface area contributed by atoms with Gasteiger partial charge in [0.25, 0.3) is 10.0 Å². The number of ether oxygens (including phenoxy) is 1. The zero-order chi connectivity index (χ0) is 26.9. The Labute approximate surface area is 218 Å². The molecule has 0 amide bonds. The Morgan fingerprint density at radius 3 is 2.39 bits per heavy atom. The summed E-state index contributed by atoms with van der Waals surface area (Å²) in [6, 6.07) is 18.5. The normalized spacial score (nSPS) is 11.4. The molecule has 1 N–H and O–H groups in total. The first kappa shape index (κ1) is 24.9. The second-order valence-electron chi connectivity index (χ2n) is 8.41. The lowest BCUT2D eigenvalue weighted by molar-refractivity contribution is 0.0697. The number of carboxylic acid groups (broad SMARTS) is 1. The van der Waals surface area contributed by atoms with Gasteiger partial charge in [-0.2, -0.15) is 5.10 Å². The fraction of sp³-hybridized carbons (Fsp3) is 0.111. The third-order valence-corrected chi connectivity index (χ3v) is 7.78. The predicted octanol–water partition coefficient (Wildman–Crippen LogP) is 4.23. The van der Waals surface area contributed by atoms with Gasteiger partial charge in [0.1, 0.15) is 11.3 Å². The molecular formula is C27H23N5O5S. The van der Waals surface area contributed by atoms with Crippen molar-refractivity contribution in [2.24, 2.45) is 0 Å². The maximum atomic E-state index is 14.2. The van der Waals surface area contributed by atoms with Crippen molar-refractivity contribution >= 4 is 32.7 Å². The van der Waals surface area contributed by atoms with Crippen molar-refractivity contribution in [1.82, 2.24) is 19.7 Å². The minimum absolute atomic E-state index is 0.0261. The Morgan fingerprint density at radius 1 is 1.03 bits per heavy atom. The Kier molecular flexibility index (Phi) is 6.52. The van der Waals surface area contributed by atoms with Crippen LogP contribution in [-0.4, -0.2) is 46.4 Å². The first-order valence-corrected chi connectivity index (χ1v) is 13.0. The van der Waals surface area contributed by atoms with E-state index in [9.17, 15) is 18.3 Å². The summed E-state index contributed by atoms with van der Waals surface area (Å²) in [5, 5.41) is 15.1. The highest BCUT2D eigenvalue weighted by molar-refractivity contribution is 7.92. The van der Waals surface area contributed by atoms with E-state index >= 15 is 0 Å². The van der Waals surface area contributed by atoms with Gasteiger partial charge in [0.2, 0.25) is 0 Å². The monoisotopic (exact) mass is 529 g/mol. The maximum absolute atomic E-state index is 14.2. The number of para-hydroxylation sites is 1. The third kappa shape index (κ3) is 4.43. The van der Waals surface area contributed by atoms with Gasteiger partial charge in [-0.3, -0.25) is 9.29 Å². The van der Waals surface area contributed by atoms with Gasteiger partial charge in [-0.05, 0) is 55.0 Å². The van der Waals surface area contributed by atoms with Crippen LogP contribution in [0.3, 0.4) is 0 Å². The summed E-state index contributed by atoms with van der Waals surface area (Å²) in [7, 11) is -2.79. The van der Waals surface area contributed by atoms with Gasteiger partial charge in [-0.15, -0.1) is 0 Å². The van der Waals surface area contributed by atoms with E-state index in [0.717, 1.165) is 4.31 Å². The summed E-state index contributed by atoms with van der Waals surface area (Å²) in [4.78, 5) is 20.9. The number of hydrogen-bond acceptors (Lipinski definition) is 7. The molecule has 3 aromatic heterocycles. The molecule has 192 valence electrons. The van der Waals surface area contributed by atoms with Crippen LogP contribution in [0, 0.1) is 6.92 Å². The highest BCUT2D eigenvalue weighted by Gasteiger charge is 2.33. The van der Waals surface area contributed by atoms with E-state index in [1.165, 1.54) is 43.8 Å². The minimum atomic E-state index is -4.28. The van der Waals surface area contributed by atoms with Crippen LogP contribution < -0.4 is 9.04 Å². The van der Waals surface area contributed by atoms with Crippen LogP contribution in [-0.2, 0) is 16.6 Å². The van der Waals surface area contributed by atoms with Gasteiger partial charge in [0, 0.05) is 18.6 Å². The van der Waals surface area contributed by atoms with E-state index in [2.05, 4.69) is 15.1 Å². The summed E-state index contributed by atoms with van der Waals surface area (Å²) in [5.41, 5.74) is 1.73. The van der Waals surface area contributed by atoms with Gasteiger partial charge in [-0.25, -0.2) is 22.9 Å². The number of rotatable bonds is 8. The Hall–Kier alpha value is -4.77. The molecule has 0 bridgehead atoms. The van der Waals surface area contributed by atoms with E-state index in [-0.39, 0.29) is 22.7 Å². The van der Waals surface area contributed by atoms with Gasteiger partial charge in [0.05, 0.1) is 41.0 Å². The molecule has 0 unspecified atom stereocenters. The SMILES string of the molecule is COc1ccc(S(=O)(=O)N(Cc2cccnc2)c2c(C(=O)O)cnc3c2c(C)nn3-c2ccccc2)cc1. The molecule has 2 aromatic carbocycles. The van der Waals surface area contributed by atoms with E-state index < -0.39 is 16.0 Å². The van der Waals surface area contributed by atoms with E-state index in [1.54, 1.807) is 29.9 Å². The molecular weight excluding hydrogens is 506 g/mol. The average molecular weight is 530 g/mol. The maximum Gasteiger partial charge on any atom is 0.339 e. The number of benzene rings is 2. The zero-order valence-corrected chi connectivity index (χ0v) is 21.3. The summed E-state index contributed by atoms with van der Waals surface area (Å²) in [5.74, 6) is -0.831. The van der Waals surface area contributed by atoms with E-state index in [1.807, 2.05) is 30.3 Å². The average Bonchev–Trinajstić information content (AvgIpc) is 3.28. The standard InChI is InChI=1S/C27H23N5O5S/c1-18-24-25(23(27(33)34)16-29-26(24)32(30-18)20-8-4-3-5-9-20)31(17-19-7-6-14-28-15-19)38(35,36)22-12-10-21(37-2)11-13-22/h3-16H,17H2,1-2H3,(H,33,34). The lowest BCUT2D eigenvalue weighted by Gasteiger charge is -2.26. The molecule has 0 saturated heterocycles. The van der Waals surface area contributed by atoms with E-state index in [0.29, 0.717) is 33.7 Å². The van der Waals surface area contributed by atoms with Crippen molar-refractivity contribution < 1.29 is 23.1 Å². The minimum Gasteiger partial charge on any atom is -0.497 e. The van der Waals surface area contributed by atoms with Crippen molar-refractivity contribution in [2.45, 2.75) is 18.4 Å². The lowest BCUT2D eigenvalue weighted by Crippen LogP contribution is -2.32. The number of fused-ring (bicyclic) bond motifs is 1. The van der Waals surface area contributed by atoms with E-state index in [4.69, 9.17) is 4.74 Å². The Balaban J connectivity index is 1.81. The van der Waals surface area contributed by atoms with Gasteiger partial charge >= 0.3 is 5.97 Å². The number of aryl methyl sites for hydroxylation is 1. The summed E-state index contributed by atoms with van der Waals surface area (Å²) in [6.45, 7) is 1.53. The van der Waals surface area contributed by atoms with Gasteiger partial charge in [-0.1, -0.05) is 24.3 Å². The zero-order valence-electron chi connectivity index (χ0n) is 20.5. The summed E-state index contributed by atoms with van der Waals surface area (Å²) in [6.07, 6.45) is 4.28. The number of anilines is 1. The number of methoxy groups -OCH3 is 1. The van der Waals surface area contributed by atoms with Crippen LogP contribution in [0.1, 0.15) is 21.6 Å². The van der Waals surface area contributed by atoms with Crippen molar-refractivity contribution in [1.29, 1.82) is 0 Å². The molecule has 0 atom stereocenters. The molecule has 0 aliphatic rings. The summed E-state index contributed by atoms with van der Waals surface area (Å²) < 4.78 is 36.2. The molecule has 0 aliphatic heterocycles. The summed E-state index contributed by atoms with van der Waals surface area (Å²) >= 11 is 0. The molecule has 11 heteroatoms. The fourth-order valence-electron chi connectivity index (χ4n) is 4.21. The molecule has 5 rings (SSSR count). The van der Waals surface area contributed by atoms with Crippen LogP contribution in [0.25, 0.3) is 16.7 Å². The Morgan fingerprint density at radius 2 is 1.76 bits per heavy atom.